The van der Waals surface area contributed by atoms with Crippen LogP contribution >= 0.6 is 0 Å². The molecule has 0 aliphatic heterocycles. The second-order valence-corrected chi connectivity index (χ2v) is 4.83. The smallest absolute Gasteiger partial charge is 0.277 e. The third kappa shape index (κ3) is 5.03. The van der Waals surface area contributed by atoms with Crippen molar-refractivity contribution in [2.75, 3.05) is 13.7 Å². The Morgan fingerprint density at radius 1 is 1.26 bits per heavy atom. The highest BCUT2D eigenvalue weighted by atomic mass is 16.5. The molecule has 0 aliphatic carbocycles. The van der Waals surface area contributed by atoms with Crippen LogP contribution in [-0.2, 0) is 4.79 Å². The zero-order chi connectivity index (χ0) is 16.7. The predicted molar refractivity (Wildman–Crippen MR) is 87.1 cm³/mol. The fourth-order valence-electron chi connectivity index (χ4n) is 1.78. The van der Waals surface area contributed by atoms with Gasteiger partial charge in [-0.1, -0.05) is 17.7 Å². The van der Waals surface area contributed by atoms with Crippen LogP contribution in [0.3, 0.4) is 0 Å². The molecule has 0 bridgehead atoms. The van der Waals surface area contributed by atoms with Crippen LogP contribution in [0.25, 0.3) is 0 Å². The van der Waals surface area contributed by atoms with E-state index in [1.54, 1.807) is 24.3 Å². The molecule has 2 N–H and O–H groups in total. The van der Waals surface area contributed by atoms with Gasteiger partial charge in [-0.3, -0.25) is 4.79 Å². The number of nitrogens with zero attached hydrogens (tertiary/aromatic N) is 1. The third-order valence-corrected chi connectivity index (χ3v) is 3.00. The molecule has 0 heterocycles. The Bertz CT molecular complexity index is 696. The summed E-state index contributed by atoms with van der Waals surface area (Å²) in [4.78, 5) is 11.6. The first-order valence-electron chi connectivity index (χ1n) is 6.97. The predicted octanol–water partition coefficient (Wildman–Crippen LogP) is 2.24. The van der Waals surface area contributed by atoms with Crippen LogP contribution in [0, 0.1) is 6.92 Å². The van der Waals surface area contributed by atoms with Gasteiger partial charge in [-0.2, -0.15) is 5.10 Å². The lowest BCUT2D eigenvalue weighted by molar-refractivity contribution is -0.123. The Kier molecular flexibility index (Phi) is 5.57. The number of aryl methyl sites for hydroxylation is 1. The van der Waals surface area contributed by atoms with Gasteiger partial charge in [0.2, 0.25) is 0 Å². The maximum atomic E-state index is 11.6. The largest absolute Gasteiger partial charge is 0.504 e. The van der Waals surface area contributed by atoms with Crippen LogP contribution in [0.4, 0.5) is 0 Å². The van der Waals surface area contributed by atoms with Gasteiger partial charge in [0.05, 0.1) is 13.3 Å². The number of hydrogen-bond acceptors (Lipinski definition) is 5. The molecule has 2 aromatic rings. The summed E-state index contributed by atoms with van der Waals surface area (Å²) in [5.74, 6) is 0.623. The quantitative estimate of drug-likeness (QED) is 0.633. The molecule has 120 valence electrons. The van der Waals surface area contributed by atoms with Crippen molar-refractivity contribution in [1.82, 2.24) is 5.43 Å². The van der Waals surface area contributed by atoms with E-state index in [1.807, 2.05) is 19.1 Å². The van der Waals surface area contributed by atoms with Gasteiger partial charge < -0.3 is 14.6 Å². The summed E-state index contributed by atoms with van der Waals surface area (Å²) in [6.45, 7) is 1.84. The number of aromatic hydroxyl groups is 1. The molecule has 0 saturated carbocycles. The molecule has 6 nitrogen and oxygen atoms in total. The summed E-state index contributed by atoms with van der Waals surface area (Å²) in [6.07, 6.45) is 1.42. The highest BCUT2D eigenvalue weighted by molar-refractivity contribution is 5.83. The number of phenolic OH excluding ortho intramolecular Hbond substituents is 1. The molecule has 1 amide bonds. The Labute approximate surface area is 134 Å². The molecule has 0 fully saturated rings. The minimum absolute atomic E-state index is 0.00507. The van der Waals surface area contributed by atoms with Crippen molar-refractivity contribution in [2.24, 2.45) is 5.10 Å². The minimum atomic E-state index is -0.375. The number of amides is 1. The highest BCUT2D eigenvalue weighted by Crippen LogP contribution is 2.25. The number of phenols is 1. The zero-order valence-corrected chi connectivity index (χ0v) is 12.9. The van der Waals surface area contributed by atoms with Crippen LogP contribution in [0.15, 0.2) is 47.6 Å². The highest BCUT2D eigenvalue weighted by Gasteiger charge is 2.02. The summed E-state index contributed by atoms with van der Waals surface area (Å²) in [5.41, 5.74) is 4.10. The van der Waals surface area contributed by atoms with Gasteiger partial charge in [-0.25, -0.2) is 5.43 Å². The lowest BCUT2D eigenvalue weighted by Crippen LogP contribution is -2.24. The summed E-state index contributed by atoms with van der Waals surface area (Å²) in [7, 11) is 1.47. The number of hydrogen-bond donors (Lipinski definition) is 2. The molecule has 2 aromatic carbocycles. The molecule has 0 atom stereocenters. The summed E-state index contributed by atoms with van der Waals surface area (Å²) < 4.78 is 10.3. The van der Waals surface area contributed by atoms with Gasteiger partial charge in [0.1, 0.15) is 5.75 Å². The van der Waals surface area contributed by atoms with E-state index < -0.39 is 0 Å². The van der Waals surface area contributed by atoms with Crippen molar-refractivity contribution in [3.05, 3.63) is 53.6 Å². The number of nitrogens with one attached hydrogen (secondary N) is 1. The molecule has 2 rings (SSSR count). The second-order valence-electron chi connectivity index (χ2n) is 4.83. The topological polar surface area (TPSA) is 80.2 Å². The molecular formula is C17H18N2O4. The van der Waals surface area contributed by atoms with E-state index >= 15 is 0 Å². The maximum Gasteiger partial charge on any atom is 0.277 e. The Morgan fingerprint density at radius 3 is 2.65 bits per heavy atom. The number of carbonyl (C=O) groups excluding carboxylic acids is 1. The lowest BCUT2D eigenvalue weighted by atomic mass is 10.2. The van der Waals surface area contributed by atoms with Crippen molar-refractivity contribution >= 4 is 12.1 Å². The molecule has 23 heavy (non-hydrogen) atoms. The Hall–Kier alpha value is -3.02. The molecule has 0 saturated heterocycles. The van der Waals surface area contributed by atoms with Gasteiger partial charge in [-0.05, 0) is 42.8 Å². The van der Waals surface area contributed by atoms with Crippen LogP contribution in [0.1, 0.15) is 11.1 Å². The minimum Gasteiger partial charge on any atom is -0.504 e. The molecule has 0 radical (unpaired) electrons. The van der Waals surface area contributed by atoms with Crippen molar-refractivity contribution in [3.8, 4) is 17.2 Å². The van der Waals surface area contributed by atoms with Crippen LogP contribution in [0.2, 0.25) is 0 Å². The fourth-order valence-corrected chi connectivity index (χ4v) is 1.78. The van der Waals surface area contributed by atoms with Gasteiger partial charge >= 0.3 is 0 Å². The van der Waals surface area contributed by atoms with Crippen LogP contribution in [0.5, 0.6) is 17.2 Å². The standard InChI is InChI=1S/C17H18N2O4/c1-12-3-6-14(7-4-12)23-11-17(21)19-18-10-13-5-8-16(22-2)15(20)9-13/h3-10,20H,11H2,1-2H3,(H,19,21). The SMILES string of the molecule is COc1ccc(C=NNC(=O)COc2ccc(C)cc2)cc1O. The van der Waals surface area contributed by atoms with E-state index in [2.05, 4.69) is 10.5 Å². The zero-order valence-electron chi connectivity index (χ0n) is 12.9. The van der Waals surface area contributed by atoms with Gasteiger partial charge in [0.25, 0.3) is 5.91 Å². The molecule has 0 aliphatic rings. The van der Waals surface area contributed by atoms with Crippen LogP contribution in [-0.4, -0.2) is 30.9 Å². The molecule has 0 spiro atoms. The first-order chi connectivity index (χ1) is 11.1. The number of ether oxygens (including phenoxy) is 2. The molecule has 0 unspecified atom stereocenters. The molecule has 0 aromatic heterocycles. The first-order valence-corrected chi connectivity index (χ1v) is 6.97. The van der Waals surface area contributed by atoms with E-state index in [-0.39, 0.29) is 18.3 Å². The Morgan fingerprint density at radius 2 is 2.00 bits per heavy atom. The van der Waals surface area contributed by atoms with E-state index in [0.717, 1.165) is 5.56 Å². The Balaban J connectivity index is 1.81. The monoisotopic (exact) mass is 314 g/mol. The number of hydrazone groups is 1. The second kappa shape index (κ2) is 7.84. The average molecular weight is 314 g/mol. The van der Waals surface area contributed by atoms with Gasteiger partial charge in [-0.15, -0.1) is 0 Å². The average Bonchev–Trinajstić information content (AvgIpc) is 2.54. The number of methoxy groups -OCH3 is 1. The molecule has 6 heteroatoms. The van der Waals surface area contributed by atoms with Gasteiger partial charge in [0.15, 0.2) is 18.1 Å². The summed E-state index contributed by atoms with van der Waals surface area (Å²) in [5, 5.41) is 13.4. The van der Waals surface area contributed by atoms with Crippen molar-refractivity contribution in [1.29, 1.82) is 0 Å². The van der Waals surface area contributed by atoms with Crippen molar-refractivity contribution in [3.63, 3.8) is 0 Å². The lowest BCUT2D eigenvalue weighted by Gasteiger charge is -2.05. The van der Waals surface area contributed by atoms with E-state index in [0.29, 0.717) is 17.1 Å². The number of rotatable bonds is 6. The van der Waals surface area contributed by atoms with Gasteiger partial charge in [0, 0.05) is 0 Å². The number of carbonyl (C=O) groups is 1. The first kappa shape index (κ1) is 16.4. The summed E-state index contributed by atoms with van der Waals surface area (Å²) in [6, 6.07) is 12.2. The van der Waals surface area contributed by atoms with Crippen molar-refractivity contribution < 1.29 is 19.4 Å². The number of benzene rings is 2. The van der Waals surface area contributed by atoms with E-state index in [9.17, 15) is 9.90 Å². The van der Waals surface area contributed by atoms with Crippen LogP contribution < -0.4 is 14.9 Å². The summed E-state index contributed by atoms with van der Waals surface area (Å²) >= 11 is 0. The maximum absolute atomic E-state index is 11.6. The van der Waals surface area contributed by atoms with Crippen molar-refractivity contribution in [2.45, 2.75) is 6.92 Å². The normalized spacial score (nSPS) is 10.5. The fraction of sp³-hybridized carbons (Fsp3) is 0.176. The third-order valence-electron chi connectivity index (χ3n) is 3.00. The molecular weight excluding hydrogens is 296 g/mol. The van der Waals surface area contributed by atoms with E-state index in [4.69, 9.17) is 9.47 Å². The van der Waals surface area contributed by atoms with E-state index in [1.165, 1.54) is 19.4 Å².